The van der Waals surface area contributed by atoms with Crippen molar-refractivity contribution in [1.82, 2.24) is 24.9 Å². The molecule has 3 saturated heterocycles. The van der Waals surface area contributed by atoms with Crippen molar-refractivity contribution < 1.29 is 13.9 Å². The highest BCUT2D eigenvalue weighted by molar-refractivity contribution is 5.87. The summed E-state index contributed by atoms with van der Waals surface area (Å²) in [5, 5.41) is 14.1. The van der Waals surface area contributed by atoms with E-state index in [1.807, 2.05) is 11.0 Å². The summed E-state index contributed by atoms with van der Waals surface area (Å²) in [6.45, 7) is 8.62. The van der Waals surface area contributed by atoms with Crippen molar-refractivity contribution >= 4 is 11.6 Å². The number of nitrogens with one attached hydrogen (secondary N) is 1. The van der Waals surface area contributed by atoms with E-state index in [1.165, 1.54) is 69.4 Å². The van der Waals surface area contributed by atoms with Crippen molar-refractivity contribution in [2.75, 3.05) is 58.3 Å². The van der Waals surface area contributed by atoms with Crippen molar-refractivity contribution in [2.24, 2.45) is 11.3 Å². The molecule has 9 nitrogen and oxygen atoms in total. The van der Waals surface area contributed by atoms with Gasteiger partial charge in [-0.3, -0.25) is 15.0 Å². The van der Waals surface area contributed by atoms with E-state index in [0.717, 1.165) is 51.0 Å². The fraction of sp³-hybridized carbons (Fsp3) is 0.750. The normalized spacial score (nSPS) is 34.8. The Bertz CT molecular complexity index is 1400. The molecule has 1 aromatic rings. The van der Waals surface area contributed by atoms with Crippen LogP contribution >= 0.6 is 0 Å². The van der Waals surface area contributed by atoms with Gasteiger partial charge in [0.2, 0.25) is 5.91 Å². The van der Waals surface area contributed by atoms with E-state index in [-0.39, 0.29) is 41.7 Å². The van der Waals surface area contributed by atoms with Gasteiger partial charge in [-0.15, -0.1) is 0 Å². The summed E-state index contributed by atoms with van der Waals surface area (Å²) in [5.41, 5.74) is 2.39. The molecule has 1 N–H and O–H groups in total. The molecule has 1 spiro atoms. The Labute approximate surface area is 299 Å². The maximum atomic E-state index is 14.3. The molecule has 0 bridgehead atoms. The second-order valence-electron chi connectivity index (χ2n) is 16.6. The lowest BCUT2D eigenvalue weighted by Gasteiger charge is -2.61. The van der Waals surface area contributed by atoms with Gasteiger partial charge in [0.15, 0.2) is 6.35 Å². The van der Waals surface area contributed by atoms with Gasteiger partial charge in [0.25, 0.3) is 0 Å². The molecule has 5 fully saturated rings. The third kappa shape index (κ3) is 7.36. The maximum absolute atomic E-state index is 14.3. The smallest absolute Gasteiger partial charge is 0.246 e. The van der Waals surface area contributed by atoms with Gasteiger partial charge < -0.3 is 19.4 Å². The van der Waals surface area contributed by atoms with Gasteiger partial charge in [0.05, 0.1) is 31.3 Å². The van der Waals surface area contributed by atoms with Gasteiger partial charge in [-0.25, -0.2) is 9.29 Å². The number of nitrogens with zero attached hydrogens (tertiary/aromatic N) is 6. The molecule has 7 atom stereocenters. The number of carbonyl (C=O) groups excluding carboxylic acids is 1. The second kappa shape index (κ2) is 15.6. The van der Waals surface area contributed by atoms with Crippen molar-refractivity contribution in [3.8, 4) is 6.07 Å². The van der Waals surface area contributed by atoms with Crippen LogP contribution in [-0.4, -0.2) is 116 Å². The molecule has 6 aliphatic rings. The summed E-state index contributed by atoms with van der Waals surface area (Å²) < 4.78 is 21.4. The zero-order valence-corrected chi connectivity index (χ0v) is 30.6. The number of hydrogen-bond acceptors (Lipinski definition) is 8. The van der Waals surface area contributed by atoms with Gasteiger partial charge in [-0.2, -0.15) is 5.26 Å². The van der Waals surface area contributed by atoms with Crippen molar-refractivity contribution in [3.05, 3.63) is 42.2 Å². The zero-order chi connectivity index (χ0) is 34.8. The van der Waals surface area contributed by atoms with Gasteiger partial charge in [-0.1, -0.05) is 44.7 Å². The Balaban J connectivity index is 1.23. The monoisotopic (exact) mass is 689 g/mol. The number of amides is 1. The van der Waals surface area contributed by atoms with E-state index in [9.17, 15) is 14.4 Å². The van der Waals surface area contributed by atoms with E-state index in [4.69, 9.17) is 4.74 Å². The number of halogens is 1. The van der Waals surface area contributed by atoms with E-state index in [2.05, 4.69) is 51.7 Å². The standard InChI is InChI=1S/C40H60FN7O2/c1-4-37(49)47-22-21-46(26-32(47)17-19-42)38-34-16-18-40(24-29-14-15-30(41)23-36(29)45(3)28-40)25-35(34)43-39(50-27-33-13-10-20-44(33)2)48(38)31-11-8-6-5-7-9-12-31/h4,14-15,23,31-35,38-39,43H,1,5-13,16-18,20-22,24-28H2,2-3H3/t32?,33?,34?,35?,38?,39?,40-/m0/s1. The second-order valence-corrected chi connectivity index (χ2v) is 16.6. The quantitative estimate of drug-likeness (QED) is 0.386. The molecule has 2 saturated carbocycles. The van der Waals surface area contributed by atoms with Crippen molar-refractivity contribution in [3.63, 3.8) is 0 Å². The number of benzene rings is 1. The first-order valence-corrected chi connectivity index (χ1v) is 19.7. The molecule has 50 heavy (non-hydrogen) atoms. The number of likely N-dealkylation sites (tertiary alicyclic amines) is 1. The van der Waals surface area contributed by atoms with Gasteiger partial charge in [0, 0.05) is 63.0 Å². The number of hydrogen-bond donors (Lipinski definition) is 1. The molecule has 7 rings (SSSR count). The van der Waals surface area contributed by atoms with Crippen molar-refractivity contribution in [2.45, 2.75) is 127 Å². The summed E-state index contributed by atoms with van der Waals surface area (Å²) in [7, 11) is 4.36. The van der Waals surface area contributed by atoms with Gasteiger partial charge >= 0.3 is 0 Å². The third-order valence-corrected chi connectivity index (χ3v) is 13.4. The fourth-order valence-corrected chi connectivity index (χ4v) is 10.9. The van der Waals surface area contributed by atoms with Crippen LogP contribution in [0.15, 0.2) is 30.9 Å². The zero-order valence-electron chi connectivity index (χ0n) is 30.6. The van der Waals surface area contributed by atoms with Crippen molar-refractivity contribution in [1.29, 1.82) is 5.26 Å². The number of likely N-dealkylation sites (N-methyl/N-ethyl adjacent to an activating group) is 1. The number of fused-ring (bicyclic) bond motifs is 2. The summed E-state index contributed by atoms with van der Waals surface area (Å²) in [6.07, 6.45) is 17.1. The molecule has 2 aliphatic carbocycles. The first-order valence-electron chi connectivity index (χ1n) is 19.7. The first kappa shape index (κ1) is 35.8. The van der Waals surface area contributed by atoms with E-state index < -0.39 is 0 Å². The van der Waals surface area contributed by atoms with Crippen LogP contribution in [-0.2, 0) is 16.0 Å². The first-order chi connectivity index (χ1) is 24.3. The Morgan fingerprint density at radius 3 is 2.62 bits per heavy atom. The van der Waals surface area contributed by atoms with E-state index in [1.54, 1.807) is 12.1 Å². The largest absolute Gasteiger partial charge is 0.374 e. The lowest BCUT2D eigenvalue weighted by atomic mass is 9.62. The van der Waals surface area contributed by atoms with Crippen LogP contribution in [0.1, 0.15) is 89.0 Å². The van der Waals surface area contributed by atoms with Crippen LogP contribution < -0.4 is 10.2 Å². The number of rotatable bonds is 7. The van der Waals surface area contributed by atoms with E-state index in [0.29, 0.717) is 44.1 Å². The Morgan fingerprint density at radius 2 is 1.88 bits per heavy atom. The summed E-state index contributed by atoms with van der Waals surface area (Å²) >= 11 is 0. The predicted molar refractivity (Wildman–Crippen MR) is 195 cm³/mol. The third-order valence-electron chi connectivity index (χ3n) is 13.4. The van der Waals surface area contributed by atoms with Crippen LogP contribution in [0.25, 0.3) is 0 Å². The summed E-state index contributed by atoms with van der Waals surface area (Å²) in [6, 6.07) is 8.69. The number of carbonyl (C=O) groups is 1. The summed E-state index contributed by atoms with van der Waals surface area (Å²) in [5.74, 6) is 0.149. The average molecular weight is 690 g/mol. The number of ether oxygens (including phenoxy) is 1. The van der Waals surface area contributed by atoms with Crippen LogP contribution in [0.2, 0.25) is 0 Å². The maximum Gasteiger partial charge on any atom is 0.246 e. The average Bonchev–Trinajstić information content (AvgIpc) is 3.51. The molecule has 1 amide bonds. The number of nitriles is 1. The molecule has 0 radical (unpaired) electrons. The molecule has 274 valence electrons. The minimum atomic E-state index is -0.195. The minimum absolute atomic E-state index is 0.0759. The molecule has 6 unspecified atom stereocenters. The highest BCUT2D eigenvalue weighted by Gasteiger charge is 2.54. The van der Waals surface area contributed by atoms with E-state index >= 15 is 0 Å². The SMILES string of the molecule is C=CC(=O)N1CCN(C2C3CC[C@]4(Cc5ccc(F)cc5N(C)C4)CC3NC(OCC3CCCN3C)N2C2CCCCCCC2)CC1CC#N. The topological polar surface area (TPSA) is 78.3 Å². The van der Waals surface area contributed by atoms with Gasteiger partial charge in [0.1, 0.15) is 5.82 Å². The minimum Gasteiger partial charge on any atom is -0.374 e. The molecule has 1 aromatic carbocycles. The van der Waals surface area contributed by atoms with Gasteiger partial charge in [-0.05, 0) is 94.1 Å². The molecule has 10 heteroatoms. The predicted octanol–water partition coefficient (Wildman–Crippen LogP) is 5.32. The fourth-order valence-electron chi connectivity index (χ4n) is 10.9. The number of piperazine rings is 1. The lowest BCUT2D eigenvalue weighted by Crippen LogP contribution is -2.75. The lowest BCUT2D eigenvalue weighted by molar-refractivity contribution is -0.218. The number of anilines is 1. The van der Waals surface area contributed by atoms with Crippen LogP contribution in [0.5, 0.6) is 0 Å². The Hall–Kier alpha value is -2.55. The summed E-state index contributed by atoms with van der Waals surface area (Å²) in [4.78, 5) is 25.0. The molecular weight excluding hydrogens is 629 g/mol. The molecule has 4 aliphatic heterocycles. The van der Waals surface area contributed by atoms with Crippen LogP contribution in [0.4, 0.5) is 10.1 Å². The molecular formula is C40H60FN7O2. The van der Waals surface area contributed by atoms with Crippen LogP contribution in [0, 0.1) is 28.5 Å². The highest BCUT2D eigenvalue weighted by atomic mass is 19.1. The Morgan fingerprint density at radius 1 is 1.08 bits per heavy atom. The molecule has 0 aromatic heterocycles. The Kier molecular flexibility index (Phi) is 11.2. The highest BCUT2D eigenvalue weighted by Crippen LogP contribution is 2.50. The van der Waals surface area contributed by atoms with Crippen LogP contribution in [0.3, 0.4) is 0 Å². The molecule has 4 heterocycles.